The smallest absolute Gasteiger partial charge is 0.321 e. The molecular formula is C18H22O5. The molecule has 0 bridgehead atoms. The van der Waals surface area contributed by atoms with Crippen LogP contribution in [0.3, 0.4) is 0 Å². The molecule has 1 N–H and O–H groups in total. The third-order valence-corrected chi connectivity index (χ3v) is 4.57. The lowest BCUT2D eigenvalue weighted by molar-refractivity contribution is -0.160. The van der Waals surface area contributed by atoms with Crippen LogP contribution in [0.1, 0.15) is 38.7 Å². The Hall–Kier alpha value is -2.30. The van der Waals surface area contributed by atoms with Crippen LogP contribution in [0.2, 0.25) is 0 Å². The van der Waals surface area contributed by atoms with Gasteiger partial charge in [0.25, 0.3) is 0 Å². The number of allylic oxidation sites excluding steroid dienone is 2. The minimum Gasteiger partial charge on any atom is -0.504 e. The van der Waals surface area contributed by atoms with Gasteiger partial charge < -0.3 is 14.6 Å². The number of hydrogen-bond donors (Lipinski definition) is 1. The number of benzene rings is 1. The van der Waals surface area contributed by atoms with Crippen LogP contribution in [-0.2, 0) is 14.3 Å². The van der Waals surface area contributed by atoms with Crippen LogP contribution >= 0.6 is 0 Å². The number of esters is 1. The van der Waals surface area contributed by atoms with Crippen molar-refractivity contribution in [2.45, 2.75) is 33.1 Å². The quantitative estimate of drug-likeness (QED) is 0.667. The Labute approximate surface area is 135 Å². The average Bonchev–Trinajstić information content (AvgIpc) is 2.76. The Bertz CT molecular complexity index is 644. The fourth-order valence-corrected chi connectivity index (χ4v) is 3.34. The van der Waals surface area contributed by atoms with Gasteiger partial charge in [-0.3, -0.25) is 9.59 Å². The summed E-state index contributed by atoms with van der Waals surface area (Å²) in [4.78, 5) is 25.3. The Balaban J connectivity index is 2.58. The fraction of sp³-hybridized carbons (Fsp3) is 0.444. The van der Waals surface area contributed by atoms with Crippen LogP contribution in [0, 0.1) is 5.41 Å². The SMILES string of the molecule is CCOC(=O)[C@]1(CC)C(=O)C(O)=C(C)[C@@H]1c1ccc(OC)cc1. The van der Waals surface area contributed by atoms with Crippen LogP contribution in [0.15, 0.2) is 35.6 Å². The number of ketones is 1. The van der Waals surface area contributed by atoms with Crippen LogP contribution < -0.4 is 4.74 Å². The molecule has 1 aliphatic rings. The summed E-state index contributed by atoms with van der Waals surface area (Å²) in [6, 6.07) is 7.16. The highest BCUT2D eigenvalue weighted by Crippen LogP contribution is 2.52. The van der Waals surface area contributed by atoms with E-state index < -0.39 is 23.1 Å². The van der Waals surface area contributed by atoms with Crippen LogP contribution in [-0.4, -0.2) is 30.6 Å². The molecule has 2 atom stereocenters. The molecule has 1 aromatic carbocycles. The van der Waals surface area contributed by atoms with Crippen molar-refractivity contribution in [1.82, 2.24) is 0 Å². The highest BCUT2D eigenvalue weighted by Gasteiger charge is 2.59. The predicted octanol–water partition coefficient (Wildman–Crippen LogP) is 3.15. The van der Waals surface area contributed by atoms with E-state index in [9.17, 15) is 14.7 Å². The summed E-state index contributed by atoms with van der Waals surface area (Å²) < 4.78 is 10.3. The van der Waals surface area contributed by atoms with Crippen molar-refractivity contribution in [2.24, 2.45) is 5.41 Å². The number of carbonyl (C=O) groups is 2. The fourth-order valence-electron chi connectivity index (χ4n) is 3.34. The zero-order valence-electron chi connectivity index (χ0n) is 13.9. The number of aliphatic hydroxyl groups excluding tert-OH is 1. The van der Waals surface area contributed by atoms with Crippen molar-refractivity contribution in [3.63, 3.8) is 0 Å². The van der Waals surface area contributed by atoms with Crippen LogP contribution in [0.4, 0.5) is 0 Å². The van der Waals surface area contributed by atoms with E-state index in [-0.39, 0.29) is 18.8 Å². The van der Waals surface area contributed by atoms with Crippen molar-refractivity contribution in [2.75, 3.05) is 13.7 Å². The van der Waals surface area contributed by atoms with Gasteiger partial charge in [-0.25, -0.2) is 0 Å². The molecule has 124 valence electrons. The van der Waals surface area contributed by atoms with E-state index in [2.05, 4.69) is 0 Å². The predicted molar refractivity (Wildman–Crippen MR) is 85.4 cm³/mol. The molecule has 0 heterocycles. The molecule has 1 aliphatic carbocycles. The first-order valence-corrected chi connectivity index (χ1v) is 7.69. The van der Waals surface area contributed by atoms with E-state index >= 15 is 0 Å². The monoisotopic (exact) mass is 318 g/mol. The number of aliphatic hydroxyl groups is 1. The third-order valence-electron chi connectivity index (χ3n) is 4.57. The van der Waals surface area contributed by atoms with E-state index in [1.807, 2.05) is 12.1 Å². The second-order valence-corrected chi connectivity index (χ2v) is 5.61. The molecule has 0 spiro atoms. The summed E-state index contributed by atoms with van der Waals surface area (Å²) in [6.45, 7) is 5.32. The van der Waals surface area contributed by atoms with Gasteiger partial charge in [-0.15, -0.1) is 0 Å². The van der Waals surface area contributed by atoms with Gasteiger partial charge in [0.15, 0.2) is 5.76 Å². The van der Waals surface area contributed by atoms with Gasteiger partial charge in [0, 0.05) is 5.92 Å². The Kier molecular flexibility index (Phi) is 4.78. The molecule has 0 radical (unpaired) electrons. The standard InChI is InChI=1S/C18H22O5/c1-5-18(17(21)23-6-2)14(11(3)15(19)16(18)20)12-7-9-13(22-4)10-8-12/h7-10,14,19H,5-6H2,1-4H3/t14-,18+/m1/s1. The molecule has 5 heteroatoms. The second kappa shape index (κ2) is 6.44. The minimum absolute atomic E-state index is 0.184. The maximum absolute atomic E-state index is 12.7. The van der Waals surface area contributed by atoms with Gasteiger partial charge in [0.2, 0.25) is 5.78 Å². The molecule has 0 aromatic heterocycles. The molecule has 0 saturated heterocycles. The van der Waals surface area contributed by atoms with Gasteiger partial charge in [-0.1, -0.05) is 19.1 Å². The molecule has 0 amide bonds. The summed E-state index contributed by atoms with van der Waals surface area (Å²) in [5.41, 5.74) is -0.135. The largest absolute Gasteiger partial charge is 0.504 e. The molecule has 1 aromatic rings. The van der Waals surface area contributed by atoms with Crippen LogP contribution in [0.25, 0.3) is 0 Å². The summed E-state index contributed by atoms with van der Waals surface area (Å²) in [5, 5.41) is 10.2. The summed E-state index contributed by atoms with van der Waals surface area (Å²) >= 11 is 0. The number of ether oxygens (including phenoxy) is 2. The molecule has 23 heavy (non-hydrogen) atoms. The van der Waals surface area contributed by atoms with Crippen molar-refractivity contribution in [3.8, 4) is 5.75 Å². The number of rotatable bonds is 5. The van der Waals surface area contributed by atoms with Gasteiger partial charge in [-0.05, 0) is 43.5 Å². The van der Waals surface area contributed by atoms with Gasteiger partial charge in [-0.2, -0.15) is 0 Å². The maximum atomic E-state index is 12.7. The normalized spacial score (nSPS) is 24.0. The Morgan fingerprint density at radius 1 is 1.26 bits per heavy atom. The molecule has 0 unspecified atom stereocenters. The topological polar surface area (TPSA) is 72.8 Å². The van der Waals surface area contributed by atoms with Gasteiger partial charge in [0.1, 0.15) is 11.2 Å². The van der Waals surface area contributed by atoms with E-state index in [4.69, 9.17) is 9.47 Å². The first-order valence-electron chi connectivity index (χ1n) is 7.69. The van der Waals surface area contributed by atoms with Crippen molar-refractivity contribution in [3.05, 3.63) is 41.2 Å². The highest BCUT2D eigenvalue weighted by molar-refractivity contribution is 6.15. The zero-order chi connectivity index (χ0) is 17.2. The van der Waals surface area contributed by atoms with E-state index in [1.165, 1.54) is 0 Å². The number of Topliss-reactive ketones (excluding diaryl/α,β-unsaturated/α-hetero) is 1. The maximum Gasteiger partial charge on any atom is 0.321 e. The van der Waals surface area contributed by atoms with Crippen molar-refractivity contribution < 1.29 is 24.2 Å². The first-order chi connectivity index (χ1) is 10.9. The number of hydrogen-bond acceptors (Lipinski definition) is 5. The summed E-state index contributed by atoms with van der Waals surface area (Å²) in [5.74, 6) is -1.33. The number of methoxy groups -OCH3 is 1. The lowest BCUT2D eigenvalue weighted by Gasteiger charge is -2.31. The van der Waals surface area contributed by atoms with E-state index in [0.717, 1.165) is 5.56 Å². The average molecular weight is 318 g/mol. The highest BCUT2D eigenvalue weighted by atomic mass is 16.5. The van der Waals surface area contributed by atoms with Gasteiger partial charge >= 0.3 is 5.97 Å². The van der Waals surface area contributed by atoms with Crippen molar-refractivity contribution >= 4 is 11.8 Å². The van der Waals surface area contributed by atoms with E-state index in [1.54, 1.807) is 40.0 Å². The number of carbonyl (C=O) groups excluding carboxylic acids is 2. The Morgan fingerprint density at radius 2 is 1.87 bits per heavy atom. The van der Waals surface area contributed by atoms with Crippen molar-refractivity contribution in [1.29, 1.82) is 0 Å². The minimum atomic E-state index is -1.40. The van der Waals surface area contributed by atoms with Gasteiger partial charge in [0.05, 0.1) is 13.7 Å². The van der Waals surface area contributed by atoms with E-state index in [0.29, 0.717) is 11.3 Å². The second-order valence-electron chi connectivity index (χ2n) is 5.61. The molecule has 5 nitrogen and oxygen atoms in total. The molecule has 2 rings (SSSR count). The molecule has 0 aliphatic heterocycles. The molecule has 0 fully saturated rings. The third kappa shape index (κ3) is 2.50. The first kappa shape index (κ1) is 17.1. The Morgan fingerprint density at radius 3 is 2.35 bits per heavy atom. The van der Waals surface area contributed by atoms with Crippen LogP contribution in [0.5, 0.6) is 5.75 Å². The zero-order valence-corrected chi connectivity index (χ0v) is 13.9. The summed E-state index contributed by atoms with van der Waals surface area (Å²) in [7, 11) is 1.57. The summed E-state index contributed by atoms with van der Waals surface area (Å²) in [6.07, 6.45) is 0.253. The lowest BCUT2D eigenvalue weighted by Crippen LogP contribution is -2.42. The lowest BCUT2D eigenvalue weighted by atomic mass is 9.69. The molecule has 0 saturated carbocycles. The molecular weight excluding hydrogens is 296 g/mol.